The number of nitrogens with zero attached hydrogens (tertiary/aromatic N) is 1. The number of carbonyl (C=O) groups is 1. The number of hydrogen-bond donors (Lipinski definition) is 2. The lowest BCUT2D eigenvalue weighted by Crippen LogP contribution is -2.32. The maximum absolute atomic E-state index is 12.3. The zero-order valence-corrected chi connectivity index (χ0v) is 12.6. The lowest BCUT2D eigenvalue weighted by atomic mass is 9.87. The summed E-state index contributed by atoms with van der Waals surface area (Å²) < 4.78 is 0. The summed E-state index contributed by atoms with van der Waals surface area (Å²) in [7, 11) is 0. The van der Waals surface area contributed by atoms with Crippen LogP contribution in [0.4, 0.5) is 0 Å². The van der Waals surface area contributed by atoms with E-state index in [0.29, 0.717) is 6.42 Å². The first-order valence-corrected chi connectivity index (χ1v) is 7.52. The minimum atomic E-state index is 0.0734. The molecule has 3 rings (SSSR count). The summed E-state index contributed by atoms with van der Waals surface area (Å²) >= 11 is 0. The summed E-state index contributed by atoms with van der Waals surface area (Å²) in [6.07, 6.45) is 3.66. The number of aromatic amines is 1. The Morgan fingerprint density at radius 2 is 2.19 bits per heavy atom. The summed E-state index contributed by atoms with van der Waals surface area (Å²) in [5, 5.41) is 10.3. The minimum Gasteiger partial charge on any atom is -0.349 e. The van der Waals surface area contributed by atoms with Gasteiger partial charge in [0, 0.05) is 11.3 Å². The molecule has 1 atom stereocenters. The van der Waals surface area contributed by atoms with Gasteiger partial charge in [-0.1, -0.05) is 24.3 Å². The standard InChI is InChI=1S/C17H21N3O/c1-11-15(12(2)20-19-11)10-17(21)18-16-9-5-7-13-6-3-4-8-14(13)16/h3-4,6,8,16H,5,7,9-10H2,1-2H3,(H,18,21)(H,19,20)/t16-/m0/s1. The highest BCUT2D eigenvalue weighted by Crippen LogP contribution is 2.29. The summed E-state index contributed by atoms with van der Waals surface area (Å²) in [6, 6.07) is 8.57. The molecule has 1 aliphatic carbocycles. The molecule has 4 heteroatoms. The molecule has 0 spiro atoms. The normalized spacial score (nSPS) is 17.3. The van der Waals surface area contributed by atoms with Gasteiger partial charge >= 0.3 is 0 Å². The molecule has 1 aliphatic rings. The molecule has 0 aliphatic heterocycles. The van der Waals surface area contributed by atoms with Gasteiger partial charge in [-0.15, -0.1) is 0 Å². The Kier molecular flexibility index (Phi) is 3.78. The first-order valence-electron chi connectivity index (χ1n) is 7.52. The maximum Gasteiger partial charge on any atom is 0.225 e. The van der Waals surface area contributed by atoms with E-state index < -0.39 is 0 Å². The average Bonchev–Trinajstić information content (AvgIpc) is 2.79. The third-order valence-corrected chi connectivity index (χ3v) is 4.32. The summed E-state index contributed by atoms with van der Waals surface area (Å²) in [6.45, 7) is 3.89. The molecule has 0 saturated heterocycles. The number of nitrogens with one attached hydrogen (secondary N) is 2. The minimum absolute atomic E-state index is 0.0734. The lowest BCUT2D eigenvalue weighted by Gasteiger charge is -2.26. The number of rotatable bonds is 3. The van der Waals surface area contributed by atoms with Gasteiger partial charge in [-0.2, -0.15) is 5.10 Å². The van der Waals surface area contributed by atoms with Crippen LogP contribution in [0.5, 0.6) is 0 Å². The molecular weight excluding hydrogens is 262 g/mol. The van der Waals surface area contributed by atoms with E-state index >= 15 is 0 Å². The van der Waals surface area contributed by atoms with Crippen molar-refractivity contribution in [2.45, 2.75) is 45.6 Å². The first-order chi connectivity index (χ1) is 10.1. The number of hydrogen-bond acceptors (Lipinski definition) is 2. The molecule has 2 aromatic rings. The van der Waals surface area contributed by atoms with Crippen LogP contribution in [0.25, 0.3) is 0 Å². The van der Waals surface area contributed by atoms with E-state index in [-0.39, 0.29) is 11.9 Å². The molecule has 1 aromatic heterocycles. The molecule has 0 fully saturated rings. The van der Waals surface area contributed by atoms with Crippen LogP contribution in [0.2, 0.25) is 0 Å². The van der Waals surface area contributed by atoms with Gasteiger partial charge in [0.2, 0.25) is 5.91 Å². The van der Waals surface area contributed by atoms with E-state index in [4.69, 9.17) is 0 Å². The van der Waals surface area contributed by atoms with Crippen molar-refractivity contribution in [1.29, 1.82) is 0 Å². The molecule has 1 aromatic carbocycles. The second-order valence-electron chi connectivity index (χ2n) is 5.80. The van der Waals surface area contributed by atoms with Gasteiger partial charge in [-0.05, 0) is 44.2 Å². The number of fused-ring (bicyclic) bond motifs is 1. The Balaban J connectivity index is 1.72. The van der Waals surface area contributed by atoms with Crippen LogP contribution >= 0.6 is 0 Å². The predicted octanol–water partition coefficient (Wildman–Crippen LogP) is 2.76. The van der Waals surface area contributed by atoms with Gasteiger partial charge < -0.3 is 5.32 Å². The van der Waals surface area contributed by atoms with Gasteiger partial charge in [0.1, 0.15) is 0 Å². The molecule has 0 saturated carbocycles. The summed E-state index contributed by atoms with van der Waals surface area (Å²) in [4.78, 5) is 12.3. The van der Waals surface area contributed by atoms with Crippen molar-refractivity contribution >= 4 is 5.91 Å². The van der Waals surface area contributed by atoms with Crippen LogP contribution in [0.15, 0.2) is 24.3 Å². The summed E-state index contributed by atoms with van der Waals surface area (Å²) in [5.74, 6) is 0.0734. The summed E-state index contributed by atoms with van der Waals surface area (Å²) in [5.41, 5.74) is 5.54. The molecule has 0 bridgehead atoms. The number of benzene rings is 1. The third-order valence-electron chi connectivity index (χ3n) is 4.32. The monoisotopic (exact) mass is 283 g/mol. The number of carbonyl (C=O) groups excluding carboxylic acids is 1. The number of H-pyrrole nitrogens is 1. The van der Waals surface area contributed by atoms with Gasteiger partial charge in [-0.3, -0.25) is 9.89 Å². The second kappa shape index (κ2) is 5.72. The molecular formula is C17H21N3O. The Morgan fingerprint density at radius 3 is 2.95 bits per heavy atom. The van der Waals surface area contributed by atoms with Crippen molar-refractivity contribution in [3.63, 3.8) is 0 Å². The van der Waals surface area contributed by atoms with Crippen molar-refractivity contribution in [2.75, 3.05) is 0 Å². The van der Waals surface area contributed by atoms with Crippen LogP contribution in [0, 0.1) is 13.8 Å². The van der Waals surface area contributed by atoms with Crippen LogP contribution in [0.3, 0.4) is 0 Å². The topological polar surface area (TPSA) is 57.8 Å². The highest BCUT2D eigenvalue weighted by molar-refractivity contribution is 5.79. The predicted molar refractivity (Wildman–Crippen MR) is 82.0 cm³/mol. The van der Waals surface area contributed by atoms with E-state index in [1.807, 2.05) is 19.9 Å². The Labute approximate surface area is 125 Å². The molecule has 2 N–H and O–H groups in total. The number of amides is 1. The number of aryl methyl sites for hydroxylation is 3. The van der Waals surface area contributed by atoms with Crippen LogP contribution in [-0.2, 0) is 17.6 Å². The van der Waals surface area contributed by atoms with E-state index in [1.54, 1.807) is 0 Å². The molecule has 4 nitrogen and oxygen atoms in total. The van der Waals surface area contributed by atoms with E-state index in [1.165, 1.54) is 11.1 Å². The van der Waals surface area contributed by atoms with Crippen LogP contribution in [-0.4, -0.2) is 16.1 Å². The fraction of sp³-hybridized carbons (Fsp3) is 0.412. The smallest absolute Gasteiger partial charge is 0.225 e. The first kappa shape index (κ1) is 13.9. The highest BCUT2D eigenvalue weighted by Gasteiger charge is 2.22. The van der Waals surface area contributed by atoms with Crippen molar-refractivity contribution < 1.29 is 4.79 Å². The molecule has 1 amide bonds. The van der Waals surface area contributed by atoms with E-state index in [9.17, 15) is 4.79 Å². The van der Waals surface area contributed by atoms with Crippen molar-refractivity contribution in [3.05, 3.63) is 52.3 Å². The van der Waals surface area contributed by atoms with Crippen molar-refractivity contribution in [2.24, 2.45) is 0 Å². The Bertz CT molecular complexity index is 640. The Hall–Kier alpha value is -2.10. The average molecular weight is 283 g/mol. The fourth-order valence-electron chi connectivity index (χ4n) is 3.14. The van der Waals surface area contributed by atoms with Gasteiger partial charge in [0.05, 0.1) is 18.2 Å². The quantitative estimate of drug-likeness (QED) is 0.910. The molecule has 21 heavy (non-hydrogen) atoms. The molecule has 1 heterocycles. The SMILES string of the molecule is Cc1n[nH]c(C)c1CC(=O)N[C@H]1CCCc2ccccc21. The van der Waals surface area contributed by atoms with Gasteiger partial charge in [-0.25, -0.2) is 0 Å². The van der Waals surface area contributed by atoms with E-state index in [2.05, 4.69) is 33.7 Å². The zero-order chi connectivity index (χ0) is 14.8. The zero-order valence-electron chi connectivity index (χ0n) is 12.6. The van der Waals surface area contributed by atoms with Gasteiger partial charge in [0.25, 0.3) is 0 Å². The van der Waals surface area contributed by atoms with Crippen molar-refractivity contribution in [3.8, 4) is 0 Å². The fourth-order valence-corrected chi connectivity index (χ4v) is 3.14. The number of aromatic nitrogens is 2. The van der Waals surface area contributed by atoms with Gasteiger partial charge in [0.15, 0.2) is 0 Å². The molecule has 0 unspecified atom stereocenters. The molecule has 110 valence electrons. The molecule has 0 radical (unpaired) electrons. The Morgan fingerprint density at radius 1 is 1.38 bits per heavy atom. The largest absolute Gasteiger partial charge is 0.349 e. The maximum atomic E-state index is 12.3. The lowest BCUT2D eigenvalue weighted by molar-refractivity contribution is -0.121. The van der Waals surface area contributed by atoms with Crippen molar-refractivity contribution in [1.82, 2.24) is 15.5 Å². The van der Waals surface area contributed by atoms with Crippen LogP contribution in [0.1, 0.15) is 47.0 Å². The highest BCUT2D eigenvalue weighted by atomic mass is 16.1. The van der Waals surface area contributed by atoms with E-state index in [0.717, 1.165) is 36.2 Å². The van der Waals surface area contributed by atoms with Crippen LogP contribution < -0.4 is 5.32 Å². The second-order valence-corrected chi connectivity index (χ2v) is 5.80. The third kappa shape index (κ3) is 2.84.